The molecule has 0 fully saturated rings. The molecule has 2 amide bonds. The van der Waals surface area contributed by atoms with Gasteiger partial charge in [0, 0.05) is 12.8 Å². The van der Waals surface area contributed by atoms with Gasteiger partial charge in [0.15, 0.2) is 0 Å². The van der Waals surface area contributed by atoms with Crippen LogP contribution in [0, 0.1) is 0 Å². The molecule has 9 heteroatoms. The highest BCUT2D eigenvalue weighted by molar-refractivity contribution is 5.87. The van der Waals surface area contributed by atoms with E-state index in [9.17, 15) is 19.2 Å². The number of carboxylic acid groups (broad SMARTS) is 1. The molecule has 0 aromatic carbocycles. The fourth-order valence-corrected chi connectivity index (χ4v) is 5.29. The number of aliphatic carboxylic acids is 1. The van der Waals surface area contributed by atoms with E-state index in [-0.39, 0.29) is 30.9 Å². The molecule has 0 radical (unpaired) electrons. The molecule has 49 heavy (non-hydrogen) atoms. The number of carbonyl (C=O) groups excluding carboxylic acids is 3. The van der Waals surface area contributed by atoms with E-state index < -0.39 is 24.5 Å². The fraction of sp³-hybridized carbons (Fsp3) is 0.750. The number of amides is 2. The van der Waals surface area contributed by atoms with Gasteiger partial charge in [-0.15, -0.1) is 0 Å². The number of unbranched alkanes of at least 4 members (excludes halogenated alkanes) is 16. The van der Waals surface area contributed by atoms with E-state index in [2.05, 4.69) is 54.9 Å². The lowest BCUT2D eigenvalue weighted by molar-refractivity contribution is -0.147. The van der Waals surface area contributed by atoms with Gasteiger partial charge < -0.3 is 25.6 Å². The average Bonchev–Trinajstić information content (AvgIpc) is 3.08. The summed E-state index contributed by atoms with van der Waals surface area (Å²) in [7, 11) is 0. The molecule has 0 saturated heterocycles. The van der Waals surface area contributed by atoms with Crippen molar-refractivity contribution >= 4 is 23.8 Å². The summed E-state index contributed by atoms with van der Waals surface area (Å²) in [5, 5.41) is 22.5. The van der Waals surface area contributed by atoms with Gasteiger partial charge in [-0.1, -0.05) is 121 Å². The van der Waals surface area contributed by atoms with Gasteiger partial charge in [-0.2, -0.15) is 0 Å². The van der Waals surface area contributed by atoms with Gasteiger partial charge in [0.25, 0.3) is 0 Å². The first kappa shape index (κ1) is 46.1. The average molecular weight is 691 g/mol. The molecule has 0 heterocycles. The van der Waals surface area contributed by atoms with Crippen molar-refractivity contribution in [2.24, 2.45) is 0 Å². The number of carboxylic acids is 1. The summed E-state index contributed by atoms with van der Waals surface area (Å²) in [5.74, 6) is -2.44. The molecule has 0 saturated carbocycles. The van der Waals surface area contributed by atoms with Crippen LogP contribution in [0.5, 0.6) is 0 Å². The van der Waals surface area contributed by atoms with E-state index in [1.165, 1.54) is 70.6 Å². The highest BCUT2D eigenvalue weighted by Gasteiger charge is 2.18. The second-order valence-electron chi connectivity index (χ2n) is 13.0. The monoisotopic (exact) mass is 691 g/mol. The molecule has 4 N–H and O–H groups in total. The molecule has 0 aliphatic carbocycles. The normalized spacial score (nSPS) is 12.9. The fourth-order valence-electron chi connectivity index (χ4n) is 5.29. The van der Waals surface area contributed by atoms with Gasteiger partial charge in [0.05, 0.1) is 13.2 Å². The Bertz CT molecular complexity index is 932. The number of aliphatic hydroxyl groups is 1. The van der Waals surface area contributed by atoms with Gasteiger partial charge in [-0.3, -0.25) is 14.4 Å². The Morgan fingerprint density at radius 3 is 1.82 bits per heavy atom. The van der Waals surface area contributed by atoms with Crippen LogP contribution in [0.3, 0.4) is 0 Å². The van der Waals surface area contributed by atoms with Crippen LogP contribution < -0.4 is 10.6 Å². The minimum absolute atomic E-state index is 0.139. The smallest absolute Gasteiger partial charge is 0.328 e. The lowest BCUT2D eigenvalue weighted by Gasteiger charge is -2.15. The summed E-state index contributed by atoms with van der Waals surface area (Å²) in [6, 6.07) is -1.39. The molecule has 0 aliphatic heterocycles. The molecule has 2 atom stereocenters. The zero-order chi connectivity index (χ0) is 36.2. The second-order valence-corrected chi connectivity index (χ2v) is 13.0. The Kier molecular flexibility index (Phi) is 32.8. The van der Waals surface area contributed by atoms with Crippen molar-refractivity contribution < 1.29 is 34.1 Å². The predicted molar refractivity (Wildman–Crippen MR) is 199 cm³/mol. The Morgan fingerprint density at radius 2 is 1.18 bits per heavy atom. The van der Waals surface area contributed by atoms with E-state index in [0.717, 1.165) is 64.2 Å². The second kappa shape index (κ2) is 34.9. The van der Waals surface area contributed by atoms with Crippen LogP contribution >= 0.6 is 0 Å². The Labute approximate surface area is 297 Å². The molecule has 2 unspecified atom stereocenters. The number of aliphatic hydroxyl groups excluding tert-OH is 1. The summed E-state index contributed by atoms with van der Waals surface area (Å²) in [6.45, 7) is 3.37. The number of allylic oxidation sites excluding steroid dienone is 5. The summed E-state index contributed by atoms with van der Waals surface area (Å²) < 4.78 is 5.85. The maximum Gasteiger partial charge on any atom is 0.328 e. The van der Waals surface area contributed by atoms with Crippen LogP contribution in [0.4, 0.5) is 0 Å². The summed E-state index contributed by atoms with van der Waals surface area (Å²) in [4.78, 5) is 47.3. The molecule has 282 valence electrons. The zero-order valence-electron chi connectivity index (χ0n) is 30.9. The quantitative estimate of drug-likeness (QED) is 0.0301. The molecule has 0 spiro atoms. The van der Waals surface area contributed by atoms with Crippen molar-refractivity contribution in [1.82, 2.24) is 10.6 Å². The number of hydrogen-bond donors (Lipinski definition) is 4. The van der Waals surface area contributed by atoms with Crippen molar-refractivity contribution in [2.45, 2.75) is 180 Å². The van der Waals surface area contributed by atoms with Crippen LogP contribution in [0.25, 0.3) is 0 Å². The number of carbonyl (C=O) groups is 4. The van der Waals surface area contributed by atoms with Crippen molar-refractivity contribution in [3.05, 3.63) is 36.5 Å². The third-order valence-corrected chi connectivity index (χ3v) is 8.34. The Morgan fingerprint density at radius 1 is 0.633 bits per heavy atom. The van der Waals surface area contributed by atoms with Crippen LogP contribution in [0.1, 0.15) is 168 Å². The Balaban J connectivity index is 4.28. The molecular formula is C40H70N2O7. The number of ether oxygens (including phenoxy) is 1. The molecule has 0 rings (SSSR count). The lowest BCUT2D eigenvalue weighted by Crippen LogP contribution is -2.47. The molecule has 9 nitrogen and oxygen atoms in total. The van der Waals surface area contributed by atoms with Crippen molar-refractivity contribution in [1.29, 1.82) is 0 Å². The maximum absolute atomic E-state index is 12.6. The van der Waals surface area contributed by atoms with Gasteiger partial charge in [0.2, 0.25) is 11.8 Å². The first-order valence-corrected chi connectivity index (χ1v) is 19.4. The van der Waals surface area contributed by atoms with E-state index in [4.69, 9.17) is 14.9 Å². The lowest BCUT2D eigenvalue weighted by atomic mass is 10.1. The third-order valence-electron chi connectivity index (χ3n) is 8.34. The first-order chi connectivity index (χ1) is 23.8. The first-order valence-electron chi connectivity index (χ1n) is 19.4. The van der Waals surface area contributed by atoms with Gasteiger partial charge in [-0.25, -0.2) is 4.79 Å². The standard InChI is InChI=1S/C40H70N2O7/c1-3-5-7-9-11-12-13-14-15-16-17-18-20-22-28-32-39(46)49-35(29-25-21-19-10-8-6-4-2)30-26-23-24-27-31-37(44)41-33-38(45)42-36(34-43)40(47)48/h10,14-15,19,25,29,35-36,43H,3-9,11-13,16-18,20-24,26-28,30-34H2,1-2H3,(H,41,44)(H,42,45)(H,47,48)/b15-14-,19-10-,29-25-. The minimum atomic E-state index is -1.39. The summed E-state index contributed by atoms with van der Waals surface area (Å²) in [6.07, 6.45) is 37.7. The largest absolute Gasteiger partial charge is 0.480 e. The molecule has 0 aliphatic rings. The van der Waals surface area contributed by atoms with E-state index >= 15 is 0 Å². The van der Waals surface area contributed by atoms with Crippen LogP contribution in [-0.2, 0) is 23.9 Å². The predicted octanol–water partition coefficient (Wildman–Crippen LogP) is 8.65. The van der Waals surface area contributed by atoms with Gasteiger partial charge in [0.1, 0.15) is 12.1 Å². The van der Waals surface area contributed by atoms with Gasteiger partial charge in [-0.05, 0) is 70.3 Å². The summed E-state index contributed by atoms with van der Waals surface area (Å²) in [5.41, 5.74) is 0. The number of nitrogens with one attached hydrogen (secondary N) is 2. The SMILES string of the molecule is CCCC/C=C\C/C=C\C(CCCCCCC(=O)NCC(=O)NC(CO)C(=O)O)OC(=O)CCCCCCC/C=C\CCCCCCCC. The highest BCUT2D eigenvalue weighted by Crippen LogP contribution is 2.14. The van der Waals surface area contributed by atoms with Crippen molar-refractivity contribution in [2.75, 3.05) is 13.2 Å². The van der Waals surface area contributed by atoms with Crippen LogP contribution in [0.15, 0.2) is 36.5 Å². The number of hydrogen-bond acceptors (Lipinski definition) is 6. The Hall–Kier alpha value is -2.94. The molecule has 0 aromatic rings. The highest BCUT2D eigenvalue weighted by atomic mass is 16.5. The maximum atomic E-state index is 12.6. The summed E-state index contributed by atoms with van der Waals surface area (Å²) >= 11 is 0. The van der Waals surface area contributed by atoms with Crippen molar-refractivity contribution in [3.63, 3.8) is 0 Å². The number of esters is 1. The van der Waals surface area contributed by atoms with Crippen LogP contribution in [0.2, 0.25) is 0 Å². The van der Waals surface area contributed by atoms with Crippen molar-refractivity contribution in [3.8, 4) is 0 Å². The minimum Gasteiger partial charge on any atom is -0.480 e. The van der Waals surface area contributed by atoms with E-state index in [1.807, 2.05) is 6.08 Å². The third kappa shape index (κ3) is 32.0. The zero-order valence-corrected chi connectivity index (χ0v) is 30.9. The van der Waals surface area contributed by atoms with Crippen LogP contribution in [-0.4, -0.2) is 59.3 Å². The molecule has 0 bridgehead atoms. The van der Waals surface area contributed by atoms with Gasteiger partial charge >= 0.3 is 11.9 Å². The number of rotatable bonds is 34. The van der Waals surface area contributed by atoms with E-state index in [1.54, 1.807) is 0 Å². The van der Waals surface area contributed by atoms with E-state index in [0.29, 0.717) is 12.8 Å². The molecular weight excluding hydrogens is 620 g/mol. The topological polar surface area (TPSA) is 142 Å². The molecule has 0 aromatic heterocycles.